The number of aromatic nitrogens is 2. The Bertz CT molecular complexity index is 638. The fourth-order valence-electron chi connectivity index (χ4n) is 3.36. The highest BCUT2D eigenvalue weighted by atomic mass is 32.2. The van der Waals surface area contributed by atoms with Crippen LogP contribution in [0.2, 0.25) is 0 Å². The van der Waals surface area contributed by atoms with Gasteiger partial charge in [0.2, 0.25) is 10.0 Å². The van der Waals surface area contributed by atoms with E-state index >= 15 is 0 Å². The first-order valence-corrected chi connectivity index (χ1v) is 10.8. The fraction of sp³-hybridized carbons (Fsp3) is 0.833. The van der Waals surface area contributed by atoms with Gasteiger partial charge in [-0.1, -0.05) is 53.9 Å². The molecule has 1 aliphatic rings. The van der Waals surface area contributed by atoms with E-state index in [1.54, 1.807) is 10.5 Å². The molecule has 24 heavy (non-hydrogen) atoms. The van der Waals surface area contributed by atoms with Crippen molar-refractivity contribution in [2.75, 3.05) is 13.1 Å². The van der Waals surface area contributed by atoms with E-state index in [9.17, 15) is 8.42 Å². The average Bonchev–Trinajstić information content (AvgIpc) is 3.16. The molecule has 1 saturated carbocycles. The van der Waals surface area contributed by atoms with Crippen molar-refractivity contribution in [3.63, 3.8) is 0 Å². The van der Waals surface area contributed by atoms with Crippen molar-refractivity contribution in [3.8, 4) is 0 Å². The Morgan fingerprint density at radius 1 is 1.25 bits per heavy atom. The highest BCUT2D eigenvalue weighted by molar-refractivity contribution is 7.89. The first-order valence-electron chi connectivity index (χ1n) is 9.31. The van der Waals surface area contributed by atoms with Gasteiger partial charge in [-0.2, -0.15) is 9.40 Å². The van der Waals surface area contributed by atoms with Crippen LogP contribution in [0.3, 0.4) is 0 Å². The van der Waals surface area contributed by atoms with Crippen molar-refractivity contribution in [2.45, 2.75) is 89.5 Å². The maximum absolute atomic E-state index is 13.2. The zero-order valence-electron chi connectivity index (χ0n) is 15.9. The van der Waals surface area contributed by atoms with Crippen LogP contribution in [0.15, 0.2) is 11.1 Å². The molecular formula is C18H33N3O2S. The molecule has 0 amide bonds. The lowest BCUT2D eigenvalue weighted by Gasteiger charge is -2.23. The summed E-state index contributed by atoms with van der Waals surface area (Å²) in [6, 6.07) is 0.348. The molecule has 2 rings (SSSR count). The van der Waals surface area contributed by atoms with Crippen LogP contribution in [-0.2, 0) is 15.4 Å². The highest BCUT2D eigenvalue weighted by Crippen LogP contribution is 2.34. The predicted octanol–water partition coefficient (Wildman–Crippen LogP) is 4.11. The van der Waals surface area contributed by atoms with Gasteiger partial charge in [-0.15, -0.1) is 0 Å². The van der Waals surface area contributed by atoms with Gasteiger partial charge in [-0.25, -0.2) is 8.42 Å². The minimum Gasteiger partial charge on any atom is -0.268 e. The Morgan fingerprint density at radius 2 is 1.88 bits per heavy atom. The summed E-state index contributed by atoms with van der Waals surface area (Å²) >= 11 is 0. The van der Waals surface area contributed by atoms with E-state index in [1.807, 2.05) is 32.4 Å². The molecule has 1 aromatic rings. The molecule has 0 radical (unpaired) electrons. The smallest absolute Gasteiger partial charge is 0.246 e. The van der Waals surface area contributed by atoms with Gasteiger partial charge in [-0.3, -0.25) is 4.68 Å². The quantitative estimate of drug-likeness (QED) is 0.740. The third kappa shape index (κ3) is 4.02. The van der Waals surface area contributed by atoms with Gasteiger partial charge in [0.15, 0.2) is 0 Å². The maximum Gasteiger partial charge on any atom is 0.246 e. The standard InChI is InChI=1S/C18H33N3O2S/c1-6-8-13-20(7-2)24(22,23)16-14-21(15-11-9-10-12-15)19-17(16)18(3,4)5/h14-15H,6-13H2,1-5H3. The summed E-state index contributed by atoms with van der Waals surface area (Å²) in [5.74, 6) is 0. The van der Waals surface area contributed by atoms with Crippen LogP contribution in [0.4, 0.5) is 0 Å². The first-order chi connectivity index (χ1) is 11.2. The van der Waals surface area contributed by atoms with E-state index in [1.165, 1.54) is 12.8 Å². The maximum atomic E-state index is 13.2. The van der Waals surface area contributed by atoms with E-state index < -0.39 is 10.0 Å². The van der Waals surface area contributed by atoms with Crippen LogP contribution in [-0.4, -0.2) is 35.6 Å². The van der Waals surface area contributed by atoms with Gasteiger partial charge < -0.3 is 0 Å². The van der Waals surface area contributed by atoms with E-state index in [0.717, 1.165) is 25.7 Å². The molecule has 5 nitrogen and oxygen atoms in total. The molecule has 0 aromatic carbocycles. The summed E-state index contributed by atoms with van der Waals surface area (Å²) in [6.07, 6.45) is 8.26. The molecule has 1 aromatic heterocycles. The van der Waals surface area contributed by atoms with E-state index in [2.05, 4.69) is 6.92 Å². The number of rotatable bonds is 7. The third-order valence-corrected chi connectivity index (χ3v) is 6.81. The van der Waals surface area contributed by atoms with Crippen LogP contribution >= 0.6 is 0 Å². The monoisotopic (exact) mass is 355 g/mol. The average molecular weight is 356 g/mol. The Balaban J connectivity index is 2.46. The number of hydrogen-bond acceptors (Lipinski definition) is 3. The van der Waals surface area contributed by atoms with Crippen molar-refractivity contribution in [2.24, 2.45) is 0 Å². The molecule has 0 atom stereocenters. The highest BCUT2D eigenvalue weighted by Gasteiger charge is 2.34. The molecule has 138 valence electrons. The molecule has 1 heterocycles. The van der Waals surface area contributed by atoms with Crippen LogP contribution in [0.25, 0.3) is 0 Å². The number of unbranched alkanes of at least 4 members (excludes halogenated alkanes) is 1. The zero-order chi connectivity index (χ0) is 18.0. The van der Waals surface area contributed by atoms with Crippen molar-refractivity contribution in [1.82, 2.24) is 14.1 Å². The summed E-state index contributed by atoms with van der Waals surface area (Å²) in [7, 11) is -3.50. The van der Waals surface area contributed by atoms with Crippen molar-refractivity contribution in [3.05, 3.63) is 11.9 Å². The second-order valence-corrected chi connectivity index (χ2v) is 9.77. The summed E-state index contributed by atoms with van der Waals surface area (Å²) in [5.41, 5.74) is 0.403. The Labute approximate surface area is 147 Å². The van der Waals surface area contributed by atoms with Crippen LogP contribution < -0.4 is 0 Å². The van der Waals surface area contributed by atoms with Gasteiger partial charge in [0.25, 0.3) is 0 Å². The molecular weight excluding hydrogens is 322 g/mol. The molecule has 1 aliphatic carbocycles. The summed E-state index contributed by atoms with van der Waals surface area (Å²) in [4.78, 5) is 0.403. The number of sulfonamides is 1. The molecule has 1 fully saturated rings. The predicted molar refractivity (Wildman–Crippen MR) is 97.8 cm³/mol. The molecule has 0 aliphatic heterocycles. The molecule has 0 spiro atoms. The SMILES string of the molecule is CCCCN(CC)S(=O)(=O)c1cn(C2CCCC2)nc1C(C)(C)C. The molecule has 0 saturated heterocycles. The zero-order valence-corrected chi connectivity index (χ0v) is 16.7. The second-order valence-electron chi connectivity index (χ2n) is 7.86. The number of nitrogens with zero attached hydrogens (tertiary/aromatic N) is 3. The van der Waals surface area contributed by atoms with Crippen LogP contribution in [0.5, 0.6) is 0 Å². The lowest BCUT2D eigenvalue weighted by molar-refractivity contribution is 0.416. The molecule has 0 N–H and O–H groups in total. The topological polar surface area (TPSA) is 55.2 Å². The third-order valence-electron chi connectivity index (χ3n) is 4.84. The molecule has 0 unspecified atom stereocenters. The van der Waals surface area contributed by atoms with Gasteiger partial charge in [0, 0.05) is 24.7 Å². The Kier molecular flexibility index (Phi) is 6.13. The first kappa shape index (κ1) is 19.4. The van der Waals surface area contributed by atoms with Crippen molar-refractivity contribution >= 4 is 10.0 Å². The number of hydrogen-bond donors (Lipinski definition) is 0. The fourth-order valence-corrected chi connectivity index (χ4v) is 5.18. The summed E-state index contributed by atoms with van der Waals surface area (Å²) in [5, 5.41) is 4.74. The second kappa shape index (κ2) is 7.56. The normalized spacial score (nSPS) is 17.1. The van der Waals surface area contributed by atoms with Gasteiger partial charge in [-0.05, 0) is 19.3 Å². The van der Waals surface area contributed by atoms with Crippen molar-refractivity contribution < 1.29 is 8.42 Å². The summed E-state index contributed by atoms with van der Waals surface area (Å²) in [6.45, 7) is 11.2. The Hall–Kier alpha value is -0.880. The van der Waals surface area contributed by atoms with Crippen LogP contribution in [0, 0.1) is 0 Å². The van der Waals surface area contributed by atoms with E-state index in [4.69, 9.17) is 5.10 Å². The van der Waals surface area contributed by atoms with E-state index in [0.29, 0.717) is 29.7 Å². The summed E-state index contributed by atoms with van der Waals surface area (Å²) < 4.78 is 30.0. The lowest BCUT2D eigenvalue weighted by Crippen LogP contribution is -2.33. The van der Waals surface area contributed by atoms with Gasteiger partial charge >= 0.3 is 0 Å². The minimum absolute atomic E-state index is 0.295. The van der Waals surface area contributed by atoms with Crippen LogP contribution in [0.1, 0.15) is 84.9 Å². The largest absolute Gasteiger partial charge is 0.268 e. The minimum atomic E-state index is -3.50. The van der Waals surface area contributed by atoms with Gasteiger partial charge in [0.1, 0.15) is 4.90 Å². The lowest BCUT2D eigenvalue weighted by atomic mass is 9.92. The Morgan fingerprint density at radius 3 is 2.38 bits per heavy atom. The van der Waals surface area contributed by atoms with Crippen molar-refractivity contribution in [1.29, 1.82) is 0 Å². The molecule has 6 heteroatoms. The van der Waals surface area contributed by atoms with Gasteiger partial charge in [0.05, 0.1) is 11.7 Å². The van der Waals surface area contributed by atoms with E-state index in [-0.39, 0.29) is 5.41 Å². The molecule has 0 bridgehead atoms.